The summed E-state index contributed by atoms with van der Waals surface area (Å²) >= 11 is 0. The molecule has 0 aromatic carbocycles. The van der Waals surface area contributed by atoms with Crippen molar-refractivity contribution in [3.05, 3.63) is 11.6 Å². The van der Waals surface area contributed by atoms with Gasteiger partial charge in [-0.1, -0.05) is 33.3 Å². The molecule has 0 heterocycles. The van der Waals surface area contributed by atoms with Crippen LogP contribution in [0.1, 0.15) is 73.1 Å². The average Bonchev–Trinajstić information content (AvgIpc) is 2.44. The molecule has 0 saturated heterocycles. The van der Waals surface area contributed by atoms with Crippen molar-refractivity contribution in [3.63, 3.8) is 0 Å². The molecule has 2 aliphatic rings. The van der Waals surface area contributed by atoms with E-state index in [0.717, 1.165) is 19.3 Å². The van der Waals surface area contributed by atoms with Crippen molar-refractivity contribution in [2.24, 2.45) is 28.6 Å². The second-order valence-corrected chi connectivity index (χ2v) is 8.66. The minimum Gasteiger partial charge on any atom is -0.481 e. The summed E-state index contributed by atoms with van der Waals surface area (Å²) in [6.45, 7) is 11.1. The SMILES string of the molecule is CC1=CC(=O)C[C@@H]2[C@](C)(CC[C@H](C)CC(=O)O)[C@@H](C)CC[C@]12C. The molecule has 0 unspecified atom stereocenters. The van der Waals surface area contributed by atoms with E-state index in [1.54, 1.807) is 0 Å². The van der Waals surface area contributed by atoms with Crippen molar-refractivity contribution in [1.29, 1.82) is 0 Å². The highest BCUT2D eigenvalue weighted by molar-refractivity contribution is 5.92. The van der Waals surface area contributed by atoms with Gasteiger partial charge in [0.2, 0.25) is 0 Å². The van der Waals surface area contributed by atoms with Gasteiger partial charge in [-0.05, 0) is 67.3 Å². The Hall–Kier alpha value is -1.12. The van der Waals surface area contributed by atoms with Crippen LogP contribution < -0.4 is 0 Å². The monoisotopic (exact) mass is 320 g/mol. The number of ketones is 1. The number of fused-ring (bicyclic) bond motifs is 1. The standard InChI is InChI=1S/C20H32O3/c1-13(10-18(22)23)6-8-19(4)14(2)7-9-20(5)15(3)11-16(21)12-17(19)20/h11,13-14,17H,6-10,12H2,1-5H3,(H,22,23)/t13-,14-,17+,19+,20+/m0/s1. The molecular formula is C20H32O3. The Balaban J connectivity index is 2.22. The van der Waals surface area contributed by atoms with Crippen molar-refractivity contribution in [1.82, 2.24) is 0 Å². The van der Waals surface area contributed by atoms with Gasteiger partial charge in [0.1, 0.15) is 0 Å². The zero-order valence-corrected chi connectivity index (χ0v) is 15.3. The lowest BCUT2D eigenvalue weighted by Gasteiger charge is -2.57. The lowest BCUT2D eigenvalue weighted by molar-refractivity contribution is -0.138. The molecule has 0 amide bonds. The molecule has 0 radical (unpaired) electrons. The Morgan fingerprint density at radius 3 is 2.70 bits per heavy atom. The lowest BCUT2D eigenvalue weighted by atomic mass is 9.46. The van der Waals surface area contributed by atoms with Gasteiger partial charge < -0.3 is 5.11 Å². The van der Waals surface area contributed by atoms with Gasteiger partial charge in [0.05, 0.1) is 0 Å². The fraction of sp³-hybridized carbons (Fsp3) is 0.800. The highest BCUT2D eigenvalue weighted by Gasteiger charge is 2.54. The summed E-state index contributed by atoms with van der Waals surface area (Å²) in [5.74, 6) is 0.713. The molecule has 5 atom stereocenters. The second-order valence-electron chi connectivity index (χ2n) is 8.66. The van der Waals surface area contributed by atoms with Crippen LogP contribution in [0.2, 0.25) is 0 Å². The molecule has 2 rings (SSSR count). The van der Waals surface area contributed by atoms with Crippen LogP contribution in [0.25, 0.3) is 0 Å². The topological polar surface area (TPSA) is 54.4 Å². The molecule has 1 N–H and O–H groups in total. The van der Waals surface area contributed by atoms with Gasteiger partial charge >= 0.3 is 5.97 Å². The summed E-state index contributed by atoms with van der Waals surface area (Å²) in [7, 11) is 0. The number of allylic oxidation sites excluding steroid dienone is 2. The fourth-order valence-corrected chi connectivity index (χ4v) is 5.07. The number of hydrogen-bond donors (Lipinski definition) is 1. The van der Waals surface area contributed by atoms with E-state index in [1.165, 1.54) is 12.0 Å². The Morgan fingerprint density at radius 1 is 1.43 bits per heavy atom. The molecule has 130 valence electrons. The zero-order chi connectivity index (χ0) is 17.4. The van der Waals surface area contributed by atoms with Gasteiger partial charge in [-0.3, -0.25) is 9.59 Å². The lowest BCUT2D eigenvalue weighted by Crippen LogP contribution is -2.51. The van der Waals surface area contributed by atoms with Gasteiger partial charge in [-0.2, -0.15) is 0 Å². The number of carbonyl (C=O) groups excluding carboxylic acids is 1. The van der Waals surface area contributed by atoms with Crippen LogP contribution in [0.3, 0.4) is 0 Å². The molecular weight excluding hydrogens is 288 g/mol. The minimum atomic E-state index is -0.712. The van der Waals surface area contributed by atoms with Crippen LogP contribution in [0.4, 0.5) is 0 Å². The predicted molar refractivity (Wildman–Crippen MR) is 92.1 cm³/mol. The summed E-state index contributed by atoms with van der Waals surface area (Å²) in [5, 5.41) is 8.98. The molecule has 23 heavy (non-hydrogen) atoms. The molecule has 0 aromatic rings. The van der Waals surface area contributed by atoms with E-state index in [1.807, 2.05) is 13.0 Å². The van der Waals surface area contributed by atoms with Crippen molar-refractivity contribution in [3.8, 4) is 0 Å². The fourth-order valence-electron chi connectivity index (χ4n) is 5.07. The van der Waals surface area contributed by atoms with Crippen LogP contribution >= 0.6 is 0 Å². The van der Waals surface area contributed by atoms with E-state index in [9.17, 15) is 9.59 Å². The van der Waals surface area contributed by atoms with Crippen LogP contribution in [0.5, 0.6) is 0 Å². The van der Waals surface area contributed by atoms with Crippen LogP contribution in [-0.2, 0) is 9.59 Å². The van der Waals surface area contributed by atoms with Crippen molar-refractivity contribution in [2.75, 3.05) is 0 Å². The highest BCUT2D eigenvalue weighted by Crippen LogP contribution is 2.61. The van der Waals surface area contributed by atoms with Crippen LogP contribution in [-0.4, -0.2) is 16.9 Å². The van der Waals surface area contributed by atoms with E-state index in [0.29, 0.717) is 18.3 Å². The van der Waals surface area contributed by atoms with Crippen molar-refractivity contribution >= 4 is 11.8 Å². The van der Waals surface area contributed by atoms with Crippen molar-refractivity contribution < 1.29 is 14.7 Å². The van der Waals surface area contributed by atoms with E-state index >= 15 is 0 Å². The summed E-state index contributed by atoms with van der Waals surface area (Å²) in [4.78, 5) is 23.1. The third kappa shape index (κ3) is 3.39. The molecule has 1 fully saturated rings. The van der Waals surface area contributed by atoms with E-state index in [-0.39, 0.29) is 29.0 Å². The first kappa shape index (κ1) is 18.2. The molecule has 0 aromatic heterocycles. The number of carbonyl (C=O) groups is 2. The first-order valence-corrected chi connectivity index (χ1v) is 9.03. The Bertz CT molecular complexity index is 521. The quantitative estimate of drug-likeness (QED) is 0.787. The van der Waals surface area contributed by atoms with Gasteiger partial charge in [-0.15, -0.1) is 0 Å². The molecule has 0 spiro atoms. The molecule has 0 aliphatic heterocycles. The maximum absolute atomic E-state index is 12.2. The summed E-state index contributed by atoms with van der Waals surface area (Å²) in [5.41, 5.74) is 1.49. The van der Waals surface area contributed by atoms with Gasteiger partial charge in [-0.25, -0.2) is 0 Å². The minimum absolute atomic E-state index is 0.116. The first-order valence-electron chi connectivity index (χ1n) is 9.03. The zero-order valence-electron chi connectivity index (χ0n) is 15.3. The number of carboxylic acid groups (broad SMARTS) is 1. The maximum atomic E-state index is 12.2. The van der Waals surface area contributed by atoms with E-state index in [2.05, 4.69) is 27.7 Å². The van der Waals surface area contributed by atoms with E-state index in [4.69, 9.17) is 5.11 Å². The number of aliphatic carboxylic acids is 1. The Kier molecular flexibility index (Phi) is 5.08. The van der Waals surface area contributed by atoms with Gasteiger partial charge in [0.25, 0.3) is 0 Å². The van der Waals surface area contributed by atoms with Gasteiger partial charge in [0, 0.05) is 12.8 Å². The second kappa shape index (κ2) is 6.41. The normalized spacial score (nSPS) is 38.7. The maximum Gasteiger partial charge on any atom is 0.303 e. The largest absolute Gasteiger partial charge is 0.481 e. The summed E-state index contributed by atoms with van der Waals surface area (Å²) in [6.07, 6.45) is 7.05. The summed E-state index contributed by atoms with van der Waals surface area (Å²) in [6, 6.07) is 0. The van der Waals surface area contributed by atoms with Crippen molar-refractivity contribution in [2.45, 2.75) is 73.1 Å². The van der Waals surface area contributed by atoms with E-state index < -0.39 is 5.97 Å². The van der Waals surface area contributed by atoms with Gasteiger partial charge in [0.15, 0.2) is 5.78 Å². The number of hydrogen-bond acceptors (Lipinski definition) is 2. The molecule has 1 saturated carbocycles. The van der Waals surface area contributed by atoms with Crippen LogP contribution in [0, 0.1) is 28.6 Å². The Morgan fingerprint density at radius 2 is 2.09 bits per heavy atom. The Labute approximate surface area is 140 Å². The predicted octanol–water partition coefficient (Wildman–Crippen LogP) is 4.86. The first-order chi connectivity index (χ1) is 10.6. The van der Waals surface area contributed by atoms with Crippen LogP contribution in [0.15, 0.2) is 11.6 Å². The smallest absolute Gasteiger partial charge is 0.303 e. The third-order valence-electron chi connectivity index (χ3n) is 7.17. The molecule has 0 bridgehead atoms. The highest BCUT2D eigenvalue weighted by atomic mass is 16.4. The molecule has 3 heteroatoms. The third-order valence-corrected chi connectivity index (χ3v) is 7.17. The molecule has 2 aliphatic carbocycles. The number of rotatable bonds is 5. The average molecular weight is 320 g/mol. The molecule has 3 nitrogen and oxygen atoms in total. The number of carboxylic acids is 1. The summed E-state index contributed by atoms with van der Waals surface area (Å²) < 4.78 is 0.